The van der Waals surface area contributed by atoms with Gasteiger partial charge in [-0.1, -0.05) is 11.6 Å². The Morgan fingerprint density at radius 1 is 1.17 bits per heavy atom. The summed E-state index contributed by atoms with van der Waals surface area (Å²) in [5.41, 5.74) is 8.53. The number of likely N-dealkylation sites (tertiary alicyclic amines) is 1. The largest absolute Gasteiger partial charge is 0.390 e. The fourth-order valence-electron chi connectivity index (χ4n) is 5.94. The Labute approximate surface area is 171 Å². The summed E-state index contributed by atoms with van der Waals surface area (Å²) in [5.74, 6) is 0.506. The highest BCUT2D eigenvalue weighted by molar-refractivity contribution is 5.86. The van der Waals surface area contributed by atoms with Gasteiger partial charge in [0.05, 0.1) is 17.5 Å². The maximum absolute atomic E-state index is 10.9. The first kappa shape index (κ1) is 19.0. The minimum atomic E-state index is -0.803. The second-order valence-electron chi connectivity index (χ2n) is 9.32. The first-order chi connectivity index (χ1) is 14.0. The van der Waals surface area contributed by atoms with Crippen molar-refractivity contribution < 1.29 is 10.2 Å². The molecule has 7 nitrogen and oxygen atoms in total. The van der Waals surface area contributed by atoms with Crippen LogP contribution in [0.2, 0.25) is 0 Å². The third-order valence-corrected chi connectivity index (χ3v) is 7.79. The molecular weight excluding hydrogens is 366 g/mol. The van der Waals surface area contributed by atoms with Crippen molar-refractivity contribution in [1.82, 2.24) is 19.4 Å². The standard InChI is InChI=1S/C22H31N5O2/c1-26-9-6-22(7-10-26)5-2-3-15(22)11-14-12-17(19(29)18(14)28)27-8-4-16-20(23)24-13-25-21(16)27/h3-4,8,13-14,17-19,28-29H,2,5-7,9-12H2,1H3,(H2,23,24,25)/t14-,17+,18+,19-/m0/s1. The number of anilines is 1. The van der Waals surface area contributed by atoms with Crippen LogP contribution in [0.25, 0.3) is 11.0 Å². The Kier molecular flexibility index (Phi) is 4.64. The number of allylic oxidation sites excluding steroid dienone is 2. The van der Waals surface area contributed by atoms with Crippen molar-refractivity contribution in [3.05, 3.63) is 30.2 Å². The fourth-order valence-corrected chi connectivity index (χ4v) is 5.94. The van der Waals surface area contributed by atoms with E-state index in [1.165, 1.54) is 31.2 Å². The zero-order valence-corrected chi connectivity index (χ0v) is 17.0. The molecule has 7 heteroatoms. The van der Waals surface area contributed by atoms with Gasteiger partial charge < -0.3 is 25.4 Å². The van der Waals surface area contributed by atoms with Crippen molar-refractivity contribution in [2.24, 2.45) is 11.3 Å². The fraction of sp³-hybridized carbons (Fsp3) is 0.636. The van der Waals surface area contributed by atoms with Gasteiger partial charge in [0, 0.05) is 6.20 Å². The molecule has 0 radical (unpaired) electrons. The number of aliphatic hydroxyl groups excluding tert-OH is 2. The van der Waals surface area contributed by atoms with Gasteiger partial charge in [-0.3, -0.25) is 0 Å². The van der Waals surface area contributed by atoms with Crippen LogP contribution in [0.3, 0.4) is 0 Å². The van der Waals surface area contributed by atoms with Crippen LogP contribution in [0.5, 0.6) is 0 Å². The number of nitrogen functional groups attached to an aromatic ring is 1. The molecule has 1 saturated heterocycles. The lowest BCUT2D eigenvalue weighted by Crippen LogP contribution is -2.38. The lowest BCUT2D eigenvalue weighted by Gasteiger charge is -2.41. The second kappa shape index (κ2) is 7.07. The minimum Gasteiger partial charge on any atom is -0.390 e. The number of fused-ring (bicyclic) bond motifs is 1. The molecule has 3 aliphatic rings. The van der Waals surface area contributed by atoms with Gasteiger partial charge in [-0.15, -0.1) is 0 Å². The van der Waals surface area contributed by atoms with E-state index in [2.05, 4.69) is 28.0 Å². The topological polar surface area (TPSA) is 100 Å². The van der Waals surface area contributed by atoms with Gasteiger partial charge in [0.25, 0.3) is 0 Å². The second-order valence-corrected chi connectivity index (χ2v) is 9.32. The zero-order valence-electron chi connectivity index (χ0n) is 17.0. The smallest absolute Gasteiger partial charge is 0.145 e. The van der Waals surface area contributed by atoms with Crippen LogP contribution in [-0.4, -0.2) is 62.0 Å². The molecule has 0 amide bonds. The molecule has 2 aromatic heterocycles. The summed E-state index contributed by atoms with van der Waals surface area (Å²) in [6, 6.07) is 1.70. The van der Waals surface area contributed by atoms with Crippen molar-refractivity contribution in [2.75, 3.05) is 25.9 Å². The maximum Gasteiger partial charge on any atom is 0.145 e. The summed E-state index contributed by atoms with van der Waals surface area (Å²) in [6.45, 7) is 2.29. The van der Waals surface area contributed by atoms with Crippen LogP contribution in [-0.2, 0) is 0 Å². The predicted octanol–water partition coefficient (Wildman–Crippen LogP) is 2.12. The predicted molar refractivity (Wildman–Crippen MR) is 112 cm³/mol. The van der Waals surface area contributed by atoms with E-state index >= 15 is 0 Å². The van der Waals surface area contributed by atoms with Gasteiger partial charge in [0.2, 0.25) is 0 Å². The Bertz CT molecular complexity index is 930. The number of aromatic nitrogens is 3. The molecule has 1 aliphatic heterocycles. The molecule has 0 aromatic carbocycles. The summed E-state index contributed by atoms with van der Waals surface area (Å²) in [4.78, 5) is 10.8. The Morgan fingerprint density at radius 3 is 2.76 bits per heavy atom. The monoisotopic (exact) mass is 397 g/mol. The molecule has 3 heterocycles. The molecule has 0 bridgehead atoms. The van der Waals surface area contributed by atoms with Crippen LogP contribution in [0.1, 0.15) is 44.6 Å². The lowest BCUT2D eigenvalue weighted by atomic mass is 9.70. The average Bonchev–Trinajstić information content (AvgIpc) is 3.38. The summed E-state index contributed by atoms with van der Waals surface area (Å²) in [7, 11) is 2.20. The average molecular weight is 398 g/mol. The van der Waals surface area contributed by atoms with Crippen LogP contribution >= 0.6 is 0 Å². The number of hydrogen-bond donors (Lipinski definition) is 3. The third-order valence-electron chi connectivity index (χ3n) is 7.79. The maximum atomic E-state index is 10.9. The summed E-state index contributed by atoms with van der Waals surface area (Å²) < 4.78 is 1.97. The molecule has 2 aromatic rings. The molecule has 2 aliphatic carbocycles. The number of aliphatic hydroxyl groups is 2. The lowest BCUT2D eigenvalue weighted by molar-refractivity contribution is 0.00562. The van der Waals surface area contributed by atoms with Crippen LogP contribution in [0.15, 0.2) is 30.2 Å². The van der Waals surface area contributed by atoms with E-state index < -0.39 is 12.2 Å². The van der Waals surface area contributed by atoms with Gasteiger partial charge in [-0.25, -0.2) is 9.97 Å². The van der Waals surface area contributed by atoms with Crippen molar-refractivity contribution >= 4 is 16.9 Å². The summed E-state index contributed by atoms with van der Waals surface area (Å²) in [6.07, 6.45) is 10.7. The Hall–Kier alpha value is -1.96. The van der Waals surface area contributed by atoms with E-state index in [4.69, 9.17) is 5.73 Å². The van der Waals surface area contributed by atoms with Crippen molar-refractivity contribution in [2.45, 2.75) is 56.8 Å². The zero-order chi connectivity index (χ0) is 20.2. The number of piperidine rings is 1. The van der Waals surface area contributed by atoms with E-state index in [0.717, 1.165) is 43.4 Å². The van der Waals surface area contributed by atoms with Gasteiger partial charge in [-0.05, 0) is 76.1 Å². The number of nitrogens with two attached hydrogens (primary N) is 1. The van der Waals surface area contributed by atoms with Gasteiger partial charge >= 0.3 is 0 Å². The number of rotatable bonds is 3. The molecule has 0 unspecified atom stereocenters. The van der Waals surface area contributed by atoms with Crippen LogP contribution < -0.4 is 5.73 Å². The van der Waals surface area contributed by atoms with Crippen molar-refractivity contribution in [3.8, 4) is 0 Å². The quantitative estimate of drug-likeness (QED) is 0.686. The highest BCUT2D eigenvalue weighted by atomic mass is 16.3. The molecule has 2 fully saturated rings. The first-order valence-corrected chi connectivity index (χ1v) is 10.8. The van der Waals surface area contributed by atoms with E-state index in [-0.39, 0.29) is 12.0 Å². The molecule has 29 heavy (non-hydrogen) atoms. The number of nitrogens with zero attached hydrogens (tertiary/aromatic N) is 4. The highest BCUT2D eigenvalue weighted by Crippen LogP contribution is 2.51. The molecule has 156 valence electrons. The highest BCUT2D eigenvalue weighted by Gasteiger charge is 2.46. The van der Waals surface area contributed by atoms with Crippen molar-refractivity contribution in [3.63, 3.8) is 0 Å². The minimum absolute atomic E-state index is 0.0625. The molecule has 4 N–H and O–H groups in total. The van der Waals surface area contributed by atoms with E-state index in [9.17, 15) is 10.2 Å². The molecule has 1 spiro atoms. The summed E-state index contributed by atoms with van der Waals surface area (Å²) in [5, 5.41) is 22.5. The summed E-state index contributed by atoms with van der Waals surface area (Å²) >= 11 is 0. The Balaban J connectivity index is 1.37. The molecule has 4 atom stereocenters. The number of hydrogen-bond acceptors (Lipinski definition) is 6. The third kappa shape index (κ3) is 3.07. The van der Waals surface area contributed by atoms with Crippen LogP contribution in [0, 0.1) is 11.3 Å². The van der Waals surface area contributed by atoms with Gasteiger partial charge in [0.1, 0.15) is 23.9 Å². The molecular formula is C22H31N5O2. The van der Waals surface area contributed by atoms with E-state index in [1.54, 1.807) is 0 Å². The van der Waals surface area contributed by atoms with Crippen LogP contribution in [0.4, 0.5) is 5.82 Å². The van der Waals surface area contributed by atoms with E-state index in [1.807, 2.05) is 16.8 Å². The normalized spacial score (nSPS) is 32.3. The Morgan fingerprint density at radius 2 is 1.97 bits per heavy atom. The van der Waals surface area contributed by atoms with E-state index in [0.29, 0.717) is 11.2 Å². The molecule has 1 saturated carbocycles. The van der Waals surface area contributed by atoms with Gasteiger partial charge in [-0.2, -0.15) is 0 Å². The van der Waals surface area contributed by atoms with Gasteiger partial charge in [0.15, 0.2) is 0 Å². The first-order valence-electron chi connectivity index (χ1n) is 10.8. The SMILES string of the molecule is CN1CCC2(CCC=C2C[C@H]2C[C@@H](n3ccc4c(N)ncnc43)[C@H](O)[C@@H]2O)CC1. The van der Waals surface area contributed by atoms with Crippen molar-refractivity contribution in [1.29, 1.82) is 0 Å². The molecule has 5 rings (SSSR count).